The standard InChI is InChI=1S/C12H5Cl4N3O3/c13-7-2-1-6(3-8(7)14)18(20)17-11-4-9(15)10(16)5-12(11)19(21)22/h1-5H. The minimum atomic E-state index is -0.719. The van der Waals surface area contributed by atoms with Crippen LogP contribution in [0.5, 0.6) is 0 Å². The maximum atomic E-state index is 12.0. The van der Waals surface area contributed by atoms with Crippen LogP contribution >= 0.6 is 46.4 Å². The highest BCUT2D eigenvalue weighted by molar-refractivity contribution is 6.42. The highest BCUT2D eigenvalue weighted by atomic mass is 35.5. The van der Waals surface area contributed by atoms with Gasteiger partial charge in [-0.3, -0.25) is 10.1 Å². The van der Waals surface area contributed by atoms with Crippen LogP contribution in [-0.2, 0) is 0 Å². The third-order valence-corrected chi connectivity index (χ3v) is 4.00. The molecule has 0 unspecified atom stereocenters. The minimum absolute atomic E-state index is 0.0145. The molecular formula is C12H5Cl4N3O3. The molecule has 6 nitrogen and oxygen atoms in total. The molecule has 0 atom stereocenters. The molecule has 0 fully saturated rings. The number of nitro groups is 1. The van der Waals surface area contributed by atoms with Gasteiger partial charge in [0.15, 0.2) is 0 Å². The van der Waals surface area contributed by atoms with E-state index in [1.807, 2.05) is 0 Å². The van der Waals surface area contributed by atoms with Crippen LogP contribution in [0, 0.1) is 15.3 Å². The summed E-state index contributed by atoms with van der Waals surface area (Å²) in [5.74, 6) is 0. The lowest BCUT2D eigenvalue weighted by molar-refractivity contribution is -0.437. The van der Waals surface area contributed by atoms with Gasteiger partial charge in [-0.25, -0.2) is 0 Å². The molecule has 0 aliphatic heterocycles. The van der Waals surface area contributed by atoms with Crippen molar-refractivity contribution in [1.82, 2.24) is 0 Å². The van der Waals surface area contributed by atoms with Crippen LogP contribution in [0.3, 0.4) is 0 Å². The van der Waals surface area contributed by atoms with E-state index in [2.05, 4.69) is 5.11 Å². The molecule has 0 aliphatic rings. The normalized spacial score (nSPS) is 11.5. The van der Waals surface area contributed by atoms with Crippen molar-refractivity contribution in [3.63, 3.8) is 0 Å². The SMILES string of the molecule is O=[N+]([O-])c1cc(Cl)c(Cl)cc1N=[N+]([O-])c1ccc(Cl)c(Cl)c1. The third kappa shape index (κ3) is 3.59. The molecule has 22 heavy (non-hydrogen) atoms. The van der Waals surface area contributed by atoms with Gasteiger partial charge in [0.05, 0.1) is 25.0 Å². The second kappa shape index (κ2) is 6.66. The summed E-state index contributed by atoms with van der Waals surface area (Å²) in [6.45, 7) is 0. The maximum Gasteiger partial charge on any atom is 0.302 e. The van der Waals surface area contributed by atoms with E-state index in [4.69, 9.17) is 46.4 Å². The van der Waals surface area contributed by atoms with Crippen molar-refractivity contribution in [3.05, 3.63) is 65.7 Å². The Morgan fingerprint density at radius 3 is 2.05 bits per heavy atom. The molecule has 2 rings (SSSR count). The zero-order valence-electron chi connectivity index (χ0n) is 10.5. The van der Waals surface area contributed by atoms with Gasteiger partial charge in [0.2, 0.25) is 11.4 Å². The Bertz CT molecular complexity index is 795. The molecule has 0 aliphatic carbocycles. The fraction of sp³-hybridized carbons (Fsp3) is 0. The molecule has 2 aromatic rings. The number of hydrogen-bond donors (Lipinski definition) is 0. The van der Waals surface area contributed by atoms with E-state index in [0.29, 0.717) is 0 Å². The van der Waals surface area contributed by atoms with Gasteiger partial charge < -0.3 is 5.21 Å². The van der Waals surface area contributed by atoms with Gasteiger partial charge in [0, 0.05) is 23.3 Å². The van der Waals surface area contributed by atoms with Crippen LogP contribution in [0.15, 0.2) is 35.4 Å². The number of halogens is 4. The number of nitro benzene ring substituents is 1. The predicted octanol–water partition coefficient (Wildman–Crippen LogP) is 6.13. The predicted molar refractivity (Wildman–Crippen MR) is 85.0 cm³/mol. The molecule has 10 heteroatoms. The van der Waals surface area contributed by atoms with Gasteiger partial charge in [0.1, 0.15) is 0 Å². The summed E-state index contributed by atoms with van der Waals surface area (Å²) in [5, 5.41) is 27.0. The Morgan fingerprint density at radius 2 is 1.45 bits per heavy atom. The zero-order chi connectivity index (χ0) is 16.4. The monoisotopic (exact) mass is 379 g/mol. The summed E-state index contributed by atoms with van der Waals surface area (Å²) in [6, 6.07) is 6.20. The Hall–Kier alpha value is -1.60. The highest BCUT2D eigenvalue weighted by Crippen LogP contribution is 2.36. The number of azo groups is 1. The Morgan fingerprint density at radius 1 is 0.864 bits per heavy atom. The fourth-order valence-electron chi connectivity index (χ4n) is 1.51. The van der Waals surface area contributed by atoms with Crippen molar-refractivity contribution < 1.29 is 9.78 Å². The molecule has 114 valence electrons. The molecule has 0 saturated carbocycles. The second-order valence-electron chi connectivity index (χ2n) is 3.98. The average Bonchev–Trinajstić information content (AvgIpc) is 2.45. The quantitative estimate of drug-likeness (QED) is 0.277. The zero-order valence-corrected chi connectivity index (χ0v) is 13.5. The molecule has 0 amide bonds. The van der Waals surface area contributed by atoms with Gasteiger partial charge in [-0.05, 0) is 17.0 Å². The topological polar surface area (TPSA) is 81.6 Å². The van der Waals surface area contributed by atoms with Crippen LogP contribution < -0.4 is 0 Å². The first-order valence-corrected chi connectivity index (χ1v) is 7.08. The first kappa shape index (κ1) is 16.8. The molecular weight excluding hydrogens is 376 g/mol. The van der Waals surface area contributed by atoms with E-state index in [1.54, 1.807) is 0 Å². The number of benzene rings is 2. The van der Waals surface area contributed by atoms with E-state index in [9.17, 15) is 15.3 Å². The van der Waals surface area contributed by atoms with E-state index in [-0.39, 0.29) is 36.3 Å². The lowest BCUT2D eigenvalue weighted by atomic mass is 10.3. The fourth-order valence-corrected chi connectivity index (χ4v) is 2.12. The molecule has 0 N–H and O–H groups in total. The third-order valence-electron chi connectivity index (χ3n) is 2.54. The Balaban J connectivity index is 2.53. The first-order valence-electron chi connectivity index (χ1n) is 5.57. The molecule has 0 aromatic heterocycles. The van der Waals surface area contributed by atoms with Gasteiger partial charge in [-0.2, -0.15) is 0 Å². The average molecular weight is 381 g/mol. The van der Waals surface area contributed by atoms with Crippen LogP contribution in [0.4, 0.5) is 17.1 Å². The van der Waals surface area contributed by atoms with Crippen LogP contribution in [0.25, 0.3) is 0 Å². The van der Waals surface area contributed by atoms with Gasteiger partial charge in [-0.1, -0.05) is 46.4 Å². The Labute approximate surface area is 144 Å². The first-order chi connectivity index (χ1) is 10.3. The molecule has 2 aromatic carbocycles. The summed E-state index contributed by atoms with van der Waals surface area (Å²) < 4.78 is 0. The van der Waals surface area contributed by atoms with Gasteiger partial charge >= 0.3 is 5.69 Å². The van der Waals surface area contributed by atoms with E-state index >= 15 is 0 Å². The molecule has 0 spiro atoms. The van der Waals surface area contributed by atoms with Crippen molar-refractivity contribution in [1.29, 1.82) is 0 Å². The summed E-state index contributed by atoms with van der Waals surface area (Å²) in [5.41, 5.74) is -0.634. The van der Waals surface area contributed by atoms with E-state index < -0.39 is 10.6 Å². The minimum Gasteiger partial charge on any atom is -0.594 e. The van der Waals surface area contributed by atoms with Crippen molar-refractivity contribution in [2.24, 2.45) is 5.11 Å². The smallest absolute Gasteiger partial charge is 0.302 e. The van der Waals surface area contributed by atoms with Crippen LogP contribution in [-0.4, -0.2) is 9.78 Å². The number of hydrogen-bond acceptors (Lipinski definition) is 4. The van der Waals surface area contributed by atoms with E-state index in [1.165, 1.54) is 18.2 Å². The highest BCUT2D eigenvalue weighted by Gasteiger charge is 2.20. The van der Waals surface area contributed by atoms with Crippen molar-refractivity contribution >= 4 is 63.5 Å². The lowest BCUT2D eigenvalue weighted by Crippen LogP contribution is -1.94. The van der Waals surface area contributed by atoms with Crippen molar-refractivity contribution in [2.45, 2.75) is 0 Å². The summed E-state index contributed by atoms with van der Waals surface area (Å²) in [6.07, 6.45) is 0. The molecule has 0 radical (unpaired) electrons. The lowest BCUT2D eigenvalue weighted by Gasteiger charge is -2.03. The van der Waals surface area contributed by atoms with Crippen molar-refractivity contribution in [3.8, 4) is 0 Å². The number of nitrogens with zero attached hydrogens (tertiary/aromatic N) is 3. The van der Waals surface area contributed by atoms with Gasteiger partial charge in [-0.15, -0.1) is 0 Å². The summed E-state index contributed by atoms with van der Waals surface area (Å²) in [4.78, 5) is 10.4. The molecule has 0 saturated heterocycles. The summed E-state index contributed by atoms with van der Waals surface area (Å²) >= 11 is 23.1. The van der Waals surface area contributed by atoms with Crippen LogP contribution in [0.1, 0.15) is 0 Å². The Kier molecular flexibility index (Phi) is 5.08. The van der Waals surface area contributed by atoms with Crippen LogP contribution in [0.2, 0.25) is 20.1 Å². The van der Waals surface area contributed by atoms with Gasteiger partial charge in [0.25, 0.3) is 0 Å². The molecule has 0 bridgehead atoms. The number of rotatable bonds is 3. The second-order valence-corrected chi connectivity index (χ2v) is 5.61. The van der Waals surface area contributed by atoms with E-state index in [0.717, 1.165) is 12.1 Å². The molecule has 0 heterocycles. The van der Waals surface area contributed by atoms with Crippen molar-refractivity contribution in [2.75, 3.05) is 0 Å². The largest absolute Gasteiger partial charge is 0.594 e. The summed E-state index contributed by atoms with van der Waals surface area (Å²) in [7, 11) is 0. The maximum absolute atomic E-state index is 12.0.